The molecule has 0 saturated heterocycles. The quantitative estimate of drug-likeness (QED) is 0.567. The second-order valence-electron chi connectivity index (χ2n) is 9.82. The Morgan fingerprint density at radius 2 is 1.84 bits per heavy atom. The number of amides is 3. The van der Waals surface area contributed by atoms with Gasteiger partial charge in [0, 0.05) is 23.9 Å². The van der Waals surface area contributed by atoms with Crippen LogP contribution in [0.1, 0.15) is 47.8 Å². The van der Waals surface area contributed by atoms with Gasteiger partial charge in [-0.3, -0.25) is 19.9 Å². The van der Waals surface area contributed by atoms with E-state index in [2.05, 4.69) is 15.6 Å². The summed E-state index contributed by atoms with van der Waals surface area (Å²) in [7, 11) is 0. The minimum Gasteiger partial charge on any atom is -0.444 e. The van der Waals surface area contributed by atoms with E-state index in [4.69, 9.17) is 9.73 Å². The van der Waals surface area contributed by atoms with Crippen molar-refractivity contribution >= 4 is 35.0 Å². The maximum Gasteiger partial charge on any atom is 0.412 e. The first-order valence-corrected chi connectivity index (χ1v) is 12.0. The zero-order chi connectivity index (χ0) is 26.2. The van der Waals surface area contributed by atoms with E-state index in [1.54, 1.807) is 25.7 Å². The Morgan fingerprint density at radius 1 is 1.05 bits per heavy atom. The van der Waals surface area contributed by atoms with Gasteiger partial charge in [-0.2, -0.15) is 0 Å². The molecule has 2 aliphatic heterocycles. The summed E-state index contributed by atoms with van der Waals surface area (Å²) in [6.07, 6.45) is 1.64. The van der Waals surface area contributed by atoms with Crippen molar-refractivity contribution in [2.75, 3.05) is 16.8 Å². The molecular formula is C28H27N5O4. The summed E-state index contributed by atoms with van der Waals surface area (Å²) >= 11 is 0. The first-order valence-electron chi connectivity index (χ1n) is 12.0. The predicted octanol–water partition coefficient (Wildman–Crippen LogP) is 3.92. The van der Waals surface area contributed by atoms with Crippen LogP contribution in [0.25, 0.3) is 0 Å². The molecule has 9 heteroatoms. The van der Waals surface area contributed by atoms with Crippen LogP contribution in [0.3, 0.4) is 0 Å². The van der Waals surface area contributed by atoms with Crippen LogP contribution in [0.15, 0.2) is 72.0 Å². The molecule has 0 unspecified atom stereocenters. The molecular weight excluding hydrogens is 470 g/mol. The van der Waals surface area contributed by atoms with Crippen LogP contribution in [0.4, 0.5) is 16.2 Å². The van der Waals surface area contributed by atoms with Crippen LogP contribution < -0.4 is 15.5 Å². The zero-order valence-corrected chi connectivity index (χ0v) is 20.8. The highest BCUT2D eigenvalue weighted by Crippen LogP contribution is 2.36. The maximum absolute atomic E-state index is 13.6. The molecule has 0 fully saturated rings. The van der Waals surface area contributed by atoms with Gasteiger partial charge in [0.05, 0.1) is 28.8 Å². The number of para-hydroxylation sites is 1. The molecule has 0 spiro atoms. The third-order valence-electron chi connectivity index (χ3n) is 6.02. The lowest BCUT2D eigenvalue weighted by Crippen LogP contribution is -2.47. The molecule has 0 aliphatic carbocycles. The topological polar surface area (TPSA) is 113 Å². The number of carbonyl (C=O) groups excluding carboxylic acids is 3. The Balaban J connectivity index is 1.49. The first-order chi connectivity index (χ1) is 17.7. The average molecular weight is 498 g/mol. The largest absolute Gasteiger partial charge is 0.444 e. The molecule has 2 aliphatic rings. The van der Waals surface area contributed by atoms with Crippen LogP contribution in [-0.4, -0.2) is 46.9 Å². The normalized spacial score (nSPS) is 16.4. The summed E-state index contributed by atoms with van der Waals surface area (Å²) in [5, 5.41) is 5.34. The van der Waals surface area contributed by atoms with E-state index >= 15 is 0 Å². The summed E-state index contributed by atoms with van der Waals surface area (Å²) in [4.78, 5) is 49.8. The summed E-state index contributed by atoms with van der Waals surface area (Å²) in [5.41, 5.74) is 3.80. The fourth-order valence-electron chi connectivity index (χ4n) is 4.50. The van der Waals surface area contributed by atoms with Crippen LogP contribution in [0.5, 0.6) is 0 Å². The van der Waals surface area contributed by atoms with Gasteiger partial charge in [0.2, 0.25) is 6.17 Å². The Bertz CT molecular complexity index is 1410. The number of anilines is 2. The molecule has 1 aromatic heterocycles. The number of pyridine rings is 1. The Kier molecular flexibility index (Phi) is 6.20. The van der Waals surface area contributed by atoms with E-state index in [9.17, 15) is 14.4 Å². The van der Waals surface area contributed by atoms with Crippen molar-refractivity contribution < 1.29 is 19.1 Å². The minimum absolute atomic E-state index is 0.133. The number of benzene rings is 2. The van der Waals surface area contributed by atoms with Crippen LogP contribution >= 0.6 is 0 Å². The van der Waals surface area contributed by atoms with E-state index in [1.807, 2.05) is 48.5 Å². The molecule has 3 aromatic rings. The number of hydrogen-bond acceptors (Lipinski definition) is 6. The van der Waals surface area contributed by atoms with Crippen LogP contribution in [0.2, 0.25) is 0 Å². The summed E-state index contributed by atoms with van der Waals surface area (Å²) < 4.78 is 5.30. The molecule has 1 atom stereocenters. The van der Waals surface area contributed by atoms with Gasteiger partial charge in [0.15, 0.2) is 0 Å². The number of nitrogens with one attached hydrogen (secondary N) is 2. The van der Waals surface area contributed by atoms with E-state index < -0.39 is 23.8 Å². The molecule has 188 valence electrons. The molecule has 0 saturated carbocycles. The molecule has 2 N–H and O–H groups in total. The van der Waals surface area contributed by atoms with Gasteiger partial charge >= 0.3 is 6.09 Å². The van der Waals surface area contributed by atoms with E-state index in [0.717, 1.165) is 28.8 Å². The van der Waals surface area contributed by atoms with Crippen molar-refractivity contribution in [3.05, 3.63) is 89.2 Å². The van der Waals surface area contributed by atoms with Gasteiger partial charge in [-0.15, -0.1) is 0 Å². The van der Waals surface area contributed by atoms with E-state index in [-0.39, 0.29) is 17.2 Å². The van der Waals surface area contributed by atoms with Gasteiger partial charge in [-0.1, -0.05) is 48.5 Å². The van der Waals surface area contributed by atoms with Crippen molar-refractivity contribution in [3.63, 3.8) is 0 Å². The van der Waals surface area contributed by atoms with Gasteiger partial charge in [-0.05, 0) is 38.8 Å². The second-order valence-corrected chi connectivity index (χ2v) is 9.82. The molecule has 0 radical (unpaired) electrons. The van der Waals surface area contributed by atoms with Crippen molar-refractivity contribution in [2.45, 2.75) is 39.0 Å². The lowest BCUT2D eigenvalue weighted by atomic mass is 9.98. The van der Waals surface area contributed by atoms with Gasteiger partial charge < -0.3 is 15.0 Å². The number of aliphatic imine (C=N–C) groups is 1. The third-order valence-corrected chi connectivity index (χ3v) is 6.02. The number of nitrogens with zero attached hydrogens (tertiary/aromatic N) is 3. The van der Waals surface area contributed by atoms with Crippen LogP contribution in [0, 0.1) is 0 Å². The number of hydrogen-bond donors (Lipinski definition) is 2. The molecule has 3 amide bonds. The highest BCUT2D eigenvalue weighted by molar-refractivity contribution is 6.21. The fraction of sp³-hybridized carbons (Fsp3) is 0.250. The standard InChI is InChI=1S/C28H27N5O4/c1-28(2,3)37-27(36)30-21-16-29-14-12-19(21)25(34)32-24-26(35)33-15-13-18-10-7-11-20(23(18)33)22(31-24)17-8-5-4-6-9-17/h4-12,14,16,24H,13,15H2,1-3H3,(H,30,36)(H,32,34)/t24-/m0/s1. The first kappa shape index (κ1) is 24.2. The summed E-state index contributed by atoms with van der Waals surface area (Å²) in [5.74, 6) is -0.894. The molecule has 9 nitrogen and oxygen atoms in total. The lowest BCUT2D eigenvalue weighted by Gasteiger charge is -2.22. The fourth-order valence-corrected chi connectivity index (χ4v) is 4.50. The third kappa shape index (κ3) is 4.93. The lowest BCUT2D eigenvalue weighted by molar-refractivity contribution is -0.120. The highest BCUT2D eigenvalue weighted by atomic mass is 16.6. The SMILES string of the molecule is CC(C)(C)OC(=O)Nc1cnccc1C(=O)N[C@@H]1N=C(c2ccccc2)c2cccc3c2N(CC3)C1=O. The average Bonchev–Trinajstić information content (AvgIpc) is 3.25. The maximum atomic E-state index is 13.6. The molecule has 2 aromatic carbocycles. The van der Waals surface area contributed by atoms with Gasteiger partial charge in [-0.25, -0.2) is 9.79 Å². The minimum atomic E-state index is -1.16. The number of ether oxygens (including phenoxy) is 1. The van der Waals surface area contributed by atoms with Gasteiger partial charge in [0.25, 0.3) is 11.8 Å². The Labute approximate surface area is 214 Å². The highest BCUT2D eigenvalue weighted by Gasteiger charge is 2.37. The van der Waals surface area contributed by atoms with Crippen LogP contribution in [-0.2, 0) is 16.0 Å². The Morgan fingerprint density at radius 3 is 2.59 bits per heavy atom. The number of carbonyl (C=O) groups is 3. The smallest absolute Gasteiger partial charge is 0.412 e. The van der Waals surface area contributed by atoms with E-state index in [0.29, 0.717) is 12.3 Å². The summed E-state index contributed by atoms with van der Waals surface area (Å²) in [6.45, 7) is 5.73. The Hall–Kier alpha value is -4.53. The molecule has 37 heavy (non-hydrogen) atoms. The summed E-state index contributed by atoms with van der Waals surface area (Å²) in [6, 6.07) is 17.0. The second kappa shape index (κ2) is 9.50. The van der Waals surface area contributed by atoms with Gasteiger partial charge in [0.1, 0.15) is 5.60 Å². The predicted molar refractivity (Wildman–Crippen MR) is 140 cm³/mol. The van der Waals surface area contributed by atoms with E-state index in [1.165, 1.54) is 18.5 Å². The number of aromatic nitrogens is 1. The van der Waals surface area contributed by atoms with Crippen molar-refractivity contribution in [3.8, 4) is 0 Å². The monoisotopic (exact) mass is 497 g/mol. The van der Waals surface area contributed by atoms with Crippen molar-refractivity contribution in [1.29, 1.82) is 0 Å². The zero-order valence-electron chi connectivity index (χ0n) is 20.8. The van der Waals surface area contributed by atoms with Crippen molar-refractivity contribution in [2.24, 2.45) is 4.99 Å². The van der Waals surface area contributed by atoms with Crippen molar-refractivity contribution in [1.82, 2.24) is 10.3 Å². The molecule has 0 bridgehead atoms. The number of rotatable bonds is 4. The molecule has 3 heterocycles. The molecule has 5 rings (SSSR count).